The van der Waals surface area contributed by atoms with Gasteiger partial charge in [-0.2, -0.15) is 10.2 Å². The zero-order valence-electron chi connectivity index (χ0n) is 12.9. The fraction of sp³-hybridized carbons (Fsp3) is 0.500. The minimum atomic E-state index is -3.00. The number of rotatable bonds is 8. The molecule has 0 aliphatic heterocycles. The van der Waals surface area contributed by atoms with E-state index in [0.29, 0.717) is 30.3 Å². The average molecular weight is 347 g/mol. The molecule has 0 bridgehead atoms. The van der Waals surface area contributed by atoms with Gasteiger partial charge in [0, 0.05) is 25.5 Å². The number of hydrogen-bond acceptors (Lipinski definition) is 3. The van der Waals surface area contributed by atoms with E-state index in [1.807, 2.05) is 0 Å². The fourth-order valence-electron chi connectivity index (χ4n) is 2.15. The summed E-state index contributed by atoms with van der Waals surface area (Å²) in [5.74, 6) is -0.568. The molecule has 24 heavy (non-hydrogen) atoms. The molecule has 0 aliphatic rings. The Morgan fingerprint density at radius 1 is 1.29 bits per heavy atom. The largest absolute Gasteiger partial charge is 0.354 e. The van der Waals surface area contributed by atoms with E-state index < -0.39 is 36.2 Å². The number of nitrogens with one attached hydrogen (secondary N) is 1. The van der Waals surface area contributed by atoms with E-state index in [9.17, 15) is 22.4 Å². The van der Waals surface area contributed by atoms with Crippen LogP contribution in [0.1, 0.15) is 43.6 Å². The fourth-order valence-corrected chi connectivity index (χ4v) is 2.15. The van der Waals surface area contributed by atoms with E-state index in [-0.39, 0.29) is 0 Å². The SMILES string of the molecule is CC(C(=O)NCCCn1cccn1)n1nc(C(F)F)cc1C(F)F. The molecule has 0 aliphatic carbocycles. The second-order valence-electron chi connectivity index (χ2n) is 5.13. The standard InChI is InChI=1S/C14H17F4N5O/c1-9(14(24)19-4-2-6-22-7-3-5-20-22)23-11(13(17)18)8-10(21-23)12(15)16/h3,5,7-9,12-13H,2,4,6H2,1H3,(H,19,24). The van der Waals surface area contributed by atoms with Crippen LogP contribution in [0.15, 0.2) is 24.5 Å². The van der Waals surface area contributed by atoms with E-state index in [2.05, 4.69) is 15.5 Å². The average Bonchev–Trinajstić information content (AvgIpc) is 3.19. The van der Waals surface area contributed by atoms with Gasteiger partial charge in [-0.05, 0) is 25.5 Å². The highest BCUT2D eigenvalue weighted by atomic mass is 19.3. The van der Waals surface area contributed by atoms with Crippen molar-refractivity contribution in [1.29, 1.82) is 0 Å². The van der Waals surface area contributed by atoms with Gasteiger partial charge in [0.2, 0.25) is 5.91 Å². The predicted molar refractivity (Wildman–Crippen MR) is 76.7 cm³/mol. The molecule has 2 heterocycles. The molecule has 1 unspecified atom stereocenters. The van der Waals surface area contributed by atoms with E-state index in [1.54, 1.807) is 23.1 Å². The van der Waals surface area contributed by atoms with Crippen LogP contribution in [0.3, 0.4) is 0 Å². The lowest BCUT2D eigenvalue weighted by atomic mass is 10.3. The molecule has 0 fully saturated rings. The van der Waals surface area contributed by atoms with Crippen molar-refractivity contribution < 1.29 is 22.4 Å². The Kier molecular flexibility index (Phi) is 5.93. The van der Waals surface area contributed by atoms with E-state index in [1.165, 1.54) is 6.92 Å². The molecule has 0 radical (unpaired) electrons. The summed E-state index contributed by atoms with van der Waals surface area (Å²) < 4.78 is 53.5. The molecule has 0 saturated heterocycles. The molecule has 6 nitrogen and oxygen atoms in total. The van der Waals surface area contributed by atoms with Crippen molar-refractivity contribution in [1.82, 2.24) is 24.9 Å². The van der Waals surface area contributed by atoms with Gasteiger partial charge < -0.3 is 5.32 Å². The highest BCUT2D eigenvalue weighted by molar-refractivity contribution is 5.79. The second-order valence-corrected chi connectivity index (χ2v) is 5.13. The minimum Gasteiger partial charge on any atom is -0.354 e. The monoisotopic (exact) mass is 347 g/mol. The van der Waals surface area contributed by atoms with Crippen LogP contribution in [-0.2, 0) is 11.3 Å². The van der Waals surface area contributed by atoms with Crippen LogP contribution in [0.4, 0.5) is 17.6 Å². The van der Waals surface area contributed by atoms with Crippen molar-refractivity contribution in [3.05, 3.63) is 35.9 Å². The van der Waals surface area contributed by atoms with Gasteiger partial charge in [0.25, 0.3) is 12.9 Å². The maximum Gasteiger partial charge on any atom is 0.282 e. The molecule has 0 saturated carbocycles. The lowest BCUT2D eigenvalue weighted by molar-refractivity contribution is -0.124. The molecule has 2 aromatic rings. The van der Waals surface area contributed by atoms with Crippen LogP contribution < -0.4 is 5.32 Å². The van der Waals surface area contributed by atoms with E-state index >= 15 is 0 Å². The van der Waals surface area contributed by atoms with Crippen LogP contribution in [0.25, 0.3) is 0 Å². The zero-order valence-corrected chi connectivity index (χ0v) is 12.9. The molecule has 2 rings (SSSR count). The smallest absolute Gasteiger partial charge is 0.282 e. The van der Waals surface area contributed by atoms with Crippen molar-refractivity contribution in [3.8, 4) is 0 Å². The summed E-state index contributed by atoms with van der Waals surface area (Å²) in [7, 11) is 0. The van der Waals surface area contributed by atoms with Crippen molar-refractivity contribution in [2.24, 2.45) is 0 Å². The molecular formula is C14H17F4N5O. The quantitative estimate of drug-likeness (QED) is 0.590. The third-order valence-electron chi connectivity index (χ3n) is 3.40. The first-order chi connectivity index (χ1) is 11.4. The van der Waals surface area contributed by atoms with Crippen molar-refractivity contribution in [3.63, 3.8) is 0 Å². The maximum atomic E-state index is 12.9. The molecule has 1 atom stereocenters. The first-order valence-corrected chi connectivity index (χ1v) is 7.31. The number of alkyl halides is 4. The van der Waals surface area contributed by atoms with Crippen molar-refractivity contribution in [2.75, 3.05) is 6.54 Å². The Morgan fingerprint density at radius 2 is 2.04 bits per heavy atom. The van der Waals surface area contributed by atoms with Gasteiger partial charge in [0.1, 0.15) is 17.4 Å². The number of carbonyl (C=O) groups excluding carboxylic acids is 1. The maximum absolute atomic E-state index is 12.9. The summed E-state index contributed by atoms with van der Waals surface area (Å²) in [4.78, 5) is 12.0. The van der Waals surface area contributed by atoms with Gasteiger partial charge in [-0.25, -0.2) is 17.6 Å². The summed E-state index contributed by atoms with van der Waals surface area (Å²) in [6, 6.07) is 1.27. The molecule has 2 aromatic heterocycles. The third kappa shape index (κ3) is 4.33. The lowest BCUT2D eigenvalue weighted by Gasteiger charge is -2.15. The van der Waals surface area contributed by atoms with Crippen molar-refractivity contribution >= 4 is 5.91 Å². The van der Waals surface area contributed by atoms with Gasteiger partial charge in [0.15, 0.2) is 0 Å². The van der Waals surface area contributed by atoms with Gasteiger partial charge >= 0.3 is 0 Å². The topological polar surface area (TPSA) is 64.7 Å². The summed E-state index contributed by atoms with van der Waals surface area (Å²) in [6.07, 6.45) is -1.99. The van der Waals surface area contributed by atoms with Gasteiger partial charge in [-0.15, -0.1) is 0 Å². The molecule has 1 amide bonds. The Balaban J connectivity index is 1.94. The summed E-state index contributed by atoms with van der Waals surface area (Å²) in [5.41, 5.74) is -1.48. The Labute approximate surface area is 135 Å². The van der Waals surface area contributed by atoms with Crippen LogP contribution in [0.5, 0.6) is 0 Å². The van der Waals surface area contributed by atoms with Gasteiger partial charge in [-0.1, -0.05) is 0 Å². The molecule has 1 N–H and O–H groups in total. The first kappa shape index (κ1) is 18.0. The second kappa shape index (κ2) is 7.93. The zero-order chi connectivity index (χ0) is 17.7. The number of carbonyl (C=O) groups is 1. The van der Waals surface area contributed by atoms with Crippen LogP contribution in [0, 0.1) is 0 Å². The number of halogens is 4. The molecule has 0 aromatic carbocycles. The van der Waals surface area contributed by atoms with Crippen LogP contribution in [-0.4, -0.2) is 32.0 Å². The van der Waals surface area contributed by atoms with Gasteiger partial charge in [0.05, 0.1) is 0 Å². The first-order valence-electron chi connectivity index (χ1n) is 7.31. The summed E-state index contributed by atoms with van der Waals surface area (Å²) in [6.45, 7) is 2.22. The number of nitrogens with zero attached hydrogens (tertiary/aromatic N) is 4. The predicted octanol–water partition coefficient (Wildman–Crippen LogP) is 2.72. The van der Waals surface area contributed by atoms with E-state index in [0.717, 1.165) is 0 Å². The molecular weight excluding hydrogens is 330 g/mol. The normalized spacial score (nSPS) is 12.8. The van der Waals surface area contributed by atoms with Crippen LogP contribution in [0.2, 0.25) is 0 Å². The van der Waals surface area contributed by atoms with Gasteiger partial charge in [-0.3, -0.25) is 14.2 Å². The summed E-state index contributed by atoms with van der Waals surface area (Å²) in [5, 5.41) is 10.0. The number of amides is 1. The van der Waals surface area contributed by atoms with Crippen molar-refractivity contribution in [2.45, 2.75) is 38.8 Å². The van der Waals surface area contributed by atoms with Crippen LogP contribution >= 0.6 is 0 Å². The minimum absolute atomic E-state index is 0.302. The van der Waals surface area contributed by atoms with E-state index in [4.69, 9.17) is 0 Å². The molecule has 132 valence electrons. The lowest BCUT2D eigenvalue weighted by Crippen LogP contribution is -2.33. The number of hydrogen-bond donors (Lipinski definition) is 1. The summed E-state index contributed by atoms with van der Waals surface area (Å²) >= 11 is 0. The Hall–Kier alpha value is -2.39. The molecule has 0 spiro atoms. The Bertz CT molecular complexity index is 656. The molecule has 10 heteroatoms. The number of aromatic nitrogens is 4. The third-order valence-corrected chi connectivity index (χ3v) is 3.40. The highest BCUT2D eigenvalue weighted by Crippen LogP contribution is 2.27. The highest BCUT2D eigenvalue weighted by Gasteiger charge is 2.26. The number of aryl methyl sites for hydroxylation is 1. The Morgan fingerprint density at radius 3 is 2.62 bits per heavy atom.